The van der Waals surface area contributed by atoms with E-state index in [4.69, 9.17) is 0 Å². The van der Waals surface area contributed by atoms with Crippen LogP contribution in [-0.4, -0.2) is 5.11 Å². The number of hydrogen-bond acceptors (Lipinski definition) is 1. The van der Waals surface area contributed by atoms with Crippen molar-refractivity contribution in [2.45, 2.75) is 52.1 Å². The van der Waals surface area contributed by atoms with Crippen LogP contribution in [-0.2, 0) is 6.42 Å². The molecule has 0 unspecified atom stereocenters. The number of aliphatic hydroxyl groups excluding tert-OH is 1. The summed E-state index contributed by atoms with van der Waals surface area (Å²) in [4.78, 5) is 0. The molecule has 0 bridgehead atoms. The highest BCUT2D eigenvalue weighted by Crippen LogP contribution is 2.46. The van der Waals surface area contributed by atoms with E-state index in [9.17, 15) is 5.11 Å². The van der Waals surface area contributed by atoms with E-state index in [0.717, 1.165) is 24.8 Å². The van der Waals surface area contributed by atoms with Crippen LogP contribution < -0.4 is 0 Å². The molecule has 0 fully saturated rings. The second-order valence-corrected chi connectivity index (χ2v) is 5.36. The summed E-state index contributed by atoms with van der Waals surface area (Å²) in [6, 6.07) is 8.34. The average molecular weight is 218 g/mol. The van der Waals surface area contributed by atoms with Gasteiger partial charge in [0.15, 0.2) is 0 Å². The van der Waals surface area contributed by atoms with Crippen LogP contribution in [0.25, 0.3) is 0 Å². The third-order valence-electron chi connectivity index (χ3n) is 4.08. The summed E-state index contributed by atoms with van der Waals surface area (Å²) >= 11 is 0. The third kappa shape index (κ3) is 2.01. The molecule has 0 saturated carbocycles. The highest BCUT2D eigenvalue weighted by molar-refractivity contribution is 5.33. The first kappa shape index (κ1) is 11.7. The van der Waals surface area contributed by atoms with Crippen LogP contribution in [0.3, 0.4) is 0 Å². The van der Waals surface area contributed by atoms with Crippen LogP contribution in [0, 0.1) is 5.41 Å². The molecular formula is C15H22O. The molecule has 88 valence electrons. The molecule has 0 radical (unpaired) electrons. The van der Waals surface area contributed by atoms with Gasteiger partial charge in [-0.3, -0.25) is 0 Å². The maximum Gasteiger partial charge on any atom is 0.0846 e. The van der Waals surface area contributed by atoms with Crippen LogP contribution in [0.1, 0.15) is 56.8 Å². The van der Waals surface area contributed by atoms with E-state index in [1.54, 1.807) is 0 Å². The maximum atomic E-state index is 10.5. The van der Waals surface area contributed by atoms with Crippen molar-refractivity contribution in [2.75, 3.05) is 0 Å². The molecule has 2 atom stereocenters. The molecule has 0 spiro atoms. The van der Waals surface area contributed by atoms with E-state index in [0.29, 0.717) is 0 Å². The molecule has 0 aromatic heterocycles. The minimum absolute atomic E-state index is 0.0877. The summed E-state index contributed by atoms with van der Waals surface area (Å²) in [6.07, 6.45) is 5.53. The van der Waals surface area contributed by atoms with Gasteiger partial charge in [-0.2, -0.15) is 0 Å². The van der Waals surface area contributed by atoms with Gasteiger partial charge in [-0.1, -0.05) is 51.0 Å². The van der Waals surface area contributed by atoms with Crippen LogP contribution in [0.4, 0.5) is 0 Å². The largest absolute Gasteiger partial charge is 0.388 e. The summed E-state index contributed by atoms with van der Waals surface area (Å²) in [5.41, 5.74) is 2.58. The topological polar surface area (TPSA) is 20.2 Å². The molecule has 1 heteroatoms. The SMILES string of the molecule is CCCC[C@]1(C)CCc2ccccc2[C@@H]1O. The van der Waals surface area contributed by atoms with Gasteiger partial charge in [0.2, 0.25) is 0 Å². The zero-order valence-corrected chi connectivity index (χ0v) is 10.4. The lowest BCUT2D eigenvalue weighted by atomic mass is 9.68. The molecule has 1 nitrogen and oxygen atoms in total. The molecule has 1 aliphatic rings. The van der Waals surface area contributed by atoms with E-state index in [1.165, 1.54) is 18.4 Å². The molecule has 0 aliphatic heterocycles. The van der Waals surface area contributed by atoms with E-state index in [-0.39, 0.29) is 11.5 Å². The predicted molar refractivity (Wildman–Crippen MR) is 67.4 cm³/mol. The van der Waals surface area contributed by atoms with Gasteiger partial charge in [0.25, 0.3) is 0 Å². The third-order valence-corrected chi connectivity index (χ3v) is 4.08. The van der Waals surface area contributed by atoms with Crippen LogP contribution in [0.5, 0.6) is 0 Å². The summed E-state index contributed by atoms with van der Waals surface area (Å²) < 4.78 is 0. The smallest absolute Gasteiger partial charge is 0.0846 e. The van der Waals surface area contributed by atoms with Crippen LogP contribution >= 0.6 is 0 Å². The molecule has 1 aromatic carbocycles. The molecule has 0 saturated heterocycles. The van der Waals surface area contributed by atoms with Crippen molar-refractivity contribution in [3.05, 3.63) is 35.4 Å². The van der Waals surface area contributed by atoms with Gasteiger partial charge < -0.3 is 5.11 Å². The first-order valence-electron chi connectivity index (χ1n) is 6.43. The van der Waals surface area contributed by atoms with Gasteiger partial charge in [0.1, 0.15) is 0 Å². The second-order valence-electron chi connectivity index (χ2n) is 5.36. The fraction of sp³-hybridized carbons (Fsp3) is 0.600. The maximum absolute atomic E-state index is 10.5. The molecule has 16 heavy (non-hydrogen) atoms. The van der Waals surface area contributed by atoms with Crippen molar-refractivity contribution in [2.24, 2.45) is 5.41 Å². The van der Waals surface area contributed by atoms with Crippen molar-refractivity contribution >= 4 is 0 Å². The van der Waals surface area contributed by atoms with Crippen molar-refractivity contribution in [3.63, 3.8) is 0 Å². The van der Waals surface area contributed by atoms with E-state index in [1.807, 2.05) is 6.07 Å². The predicted octanol–water partition coefficient (Wildman–Crippen LogP) is 3.86. The first-order valence-corrected chi connectivity index (χ1v) is 6.43. The minimum atomic E-state index is -0.274. The standard InChI is InChI=1S/C15H22O/c1-3-4-10-15(2)11-9-12-7-5-6-8-13(12)14(15)16/h5-8,14,16H,3-4,9-11H2,1-2H3/t14-,15+/m0/s1. The number of rotatable bonds is 3. The van der Waals surface area contributed by atoms with Crippen molar-refractivity contribution < 1.29 is 5.11 Å². The Morgan fingerprint density at radius 2 is 2.12 bits per heavy atom. The lowest BCUT2D eigenvalue weighted by Crippen LogP contribution is -2.31. The number of unbranched alkanes of at least 4 members (excludes halogenated alkanes) is 1. The van der Waals surface area contributed by atoms with Gasteiger partial charge in [-0.25, -0.2) is 0 Å². The van der Waals surface area contributed by atoms with Gasteiger partial charge in [0.05, 0.1) is 6.10 Å². The lowest BCUT2D eigenvalue weighted by molar-refractivity contribution is 0.0123. The molecule has 1 aliphatic carbocycles. The number of benzene rings is 1. The molecule has 1 aromatic rings. The molecule has 0 amide bonds. The summed E-state index contributed by atoms with van der Waals surface area (Å²) in [5, 5.41) is 10.5. The van der Waals surface area contributed by atoms with E-state index < -0.39 is 0 Å². The zero-order chi connectivity index (χ0) is 11.6. The van der Waals surface area contributed by atoms with Crippen molar-refractivity contribution in [1.29, 1.82) is 0 Å². The Balaban J connectivity index is 2.23. The molecule has 0 heterocycles. The van der Waals surface area contributed by atoms with E-state index >= 15 is 0 Å². The Bertz CT molecular complexity index is 358. The first-order chi connectivity index (χ1) is 7.67. The zero-order valence-electron chi connectivity index (χ0n) is 10.4. The highest BCUT2D eigenvalue weighted by Gasteiger charge is 2.37. The Kier molecular flexibility index (Phi) is 3.34. The van der Waals surface area contributed by atoms with Gasteiger partial charge in [-0.15, -0.1) is 0 Å². The number of aryl methyl sites for hydroxylation is 1. The molecular weight excluding hydrogens is 196 g/mol. The van der Waals surface area contributed by atoms with Gasteiger partial charge in [-0.05, 0) is 35.8 Å². The Hall–Kier alpha value is -0.820. The van der Waals surface area contributed by atoms with E-state index in [2.05, 4.69) is 32.0 Å². The normalized spacial score (nSPS) is 28.8. The monoisotopic (exact) mass is 218 g/mol. The fourth-order valence-electron chi connectivity index (χ4n) is 2.80. The Morgan fingerprint density at radius 3 is 2.88 bits per heavy atom. The molecule has 1 N–H and O–H groups in total. The number of hydrogen-bond donors (Lipinski definition) is 1. The number of fused-ring (bicyclic) bond motifs is 1. The quantitative estimate of drug-likeness (QED) is 0.816. The summed E-state index contributed by atoms with van der Waals surface area (Å²) in [5.74, 6) is 0. The summed E-state index contributed by atoms with van der Waals surface area (Å²) in [7, 11) is 0. The van der Waals surface area contributed by atoms with Crippen molar-refractivity contribution in [3.8, 4) is 0 Å². The van der Waals surface area contributed by atoms with Gasteiger partial charge >= 0.3 is 0 Å². The summed E-state index contributed by atoms with van der Waals surface area (Å²) in [6.45, 7) is 4.45. The van der Waals surface area contributed by atoms with Crippen molar-refractivity contribution in [1.82, 2.24) is 0 Å². The average Bonchev–Trinajstić information content (AvgIpc) is 2.32. The number of aliphatic hydroxyl groups is 1. The minimum Gasteiger partial charge on any atom is -0.388 e. The van der Waals surface area contributed by atoms with Crippen LogP contribution in [0.15, 0.2) is 24.3 Å². The fourth-order valence-corrected chi connectivity index (χ4v) is 2.80. The highest BCUT2D eigenvalue weighted by atomic mass is 16.3. The Labute approximate surface area is 98.5 Å². The Morgan fingerprint density at radius 1 is 1.38 bits per heavy atom. The molecule has 2 rings (SSSR count). The second kappa shape index (κ2) is 4.58. The van der Waals surface area contributed by atoms with Crippen LogP contribution in [0.2, 0.25) is 0 Å². The lowest BCUT2D eigenvalue weighted by Gasteiger charge is -2.40. The van der Waals surface area contributed by atoms with Gasteiger partial charge in [0, 0.05) is 0 Å².